The molecule has 0 atom stereocenters. The second kappa shape index (κ2) is 5.38. The zero-order valence-electron chi connectivity index (χ0n) is 10.4. The lowest BCUT2D eigenvalue weighted by atomic mass is 10.2. The fourth-order valence-electron chi connectivity index (χ4n) is 1.80. The van der Waals surface area contributed by atoms with Gasteiger partial charge < -0.3 is 9.88 Å². The Bertz CT molecular complexity index is 556. The highest BCUT2D eigenvalue weighted by molar-refractivity contribution is 5.85. The smallest absolute Gasteiger partial charge is 0.308 e. The highest BCUT2D eigenvalue weighted by atomic mass is 35.5. The van der Waals surface area contributed by atoms with Gasteiger partial charge in [0, 0.05) is 13.1 Å². The van der Waals surface area contributed by atoms with E-state index in [0.717, 1.165) is 29.7 Å². The predicted molar refractivity (Wildman–Crippen MR) is 73.1 cm³/mol. The minimum atomic E-state index is -0.0255. The van der Waals surface area contributed by atoms with Gasteiger partial charge in [-0.2, -0.15) is 0 Å². The summed E-state index contributed by atoms with van der Waals surface area (Å²) >= 11 is 0. The Kier molecular flexibility index (Phi) is 4.37. The van der Waals surface area contributed by atoms with Crippen LogP contribution in [0.4, 0.5) is 0 Å². The molecule has 0 fully saturated rings. The molecule has 5 heteroatoms. The molecule has 1 N–H and O–H groups in total. The SMILES string of the molecule is Cc1ccc2c(c1)[nH]c(=O)n2CCN(C)C.Cl. The molecule has 1 heterocycles. The van der Waals surface area contributed by atoms with E-state index in [-0.39, 0.29) is 18.1 Å². The Morgan fingerprint density at radius 2 is 2.06 bits per heavy atom. The average molecular weight is 256 g/mol. The molecule has 0 unspecified atom stereocenters. The maximum Gasteiger partial charge on any atom is 0.326 e. The number of imidazole rings is 1. The van der Waals surface area contributed by atoms with Gasteiger partial charge in [-0.15, -0.1) is 12.4 Å². The summed E-state index contributed by atoms with van der Waals surface area (Å²) < 4.78 is 1.79. The number of hydrogen-bond donors (Lipinski definition) is 1. The number of H-pyrrole nitrogens is 1. The lowest BCUT2D eigenvalue weighted by Gasteiger charge is -2.09. The van der Waals surface area contributed by atoms with Gasteiger partial charge in [0.15, 0.2) is 0 Å². The molecule has 1 aromatic heterocycles. The number of hydrogen-bond acceptors (Lipinski definition) is 2. The second-order valence-corrected chi connectivity index (χ2v) is 4.41. The lowest BCUT2D eigenvalue weighted by molar-refractivity contribution is 0.384. The minimum absolute atomic E-state index is 0. The van der Waals surface area contributed by atoms with Crippen molar-refractivity contribution in [3.05, 3.63) is 34.2 Å². The monoisotopic (exact) mass is 255 g/mol. The Hall–Kier alpha value is -1.26. The van der Waals surface area contributed by atoms with Crippen LogP contribution in [-0.4, -0.2) is 35.1 Å². The number of fused-ring (bicyclic) bond motifs is 1. The van der Waals surface area contributed by atoms with Crippen LogP contribution >= 0.6 is 12.4 Å². The normalized spacial score (nSPS) is 10.8. The van der Waals surface area contributed by atoms with Crippen molar-refractivity contribution in [2.75, 3.05) is 20.6 Å². The molecule has 4 nitrogen and oxygen atoms in total. The zero-order valence-corrected chi connectivity index (χ0v) is 11.2. The molecule has 17 heavy (non-hydrogen) atoms. The van der Waals surface area contributed by atoms with E-state index in [2.05, 4.69) is 9.88 Å². The number of likely N-dealkylation sites (N-methyl/N-ethyl adjacent to an activating group) is 1. The van der Waals surface area contributed by atoms with Crippen LogP contribution in [0.1, 0.15) is 5.56 Å². The van der Waals surface area contributed by atoms with Gasteiger partial charge in [-0.1, -0.05) is 6.07 Å². The Morgan fingerprint density at radius 1 is 1.35 bits per heavy atom. The largest absolute Gasteiger partial charge is 0.326 e. The van der Waals surface area contributed by atoms with E-state index in [1.807, 2.05) is 39.2 Å². The minimum Gasteiger partial charge on any atom is -0.308 e. The number of nitrogens with one attached hydrogen (secondary N) is 1. The van der Waals surface area contributed by atoms with Crippen LogP contribution in [-0.2, 0) is 6.54 Å². The number of aryl methyl sites for hydroxylation is 1. The van der Waals surface area contributed by atoms with Gasteiger partial charge in [0.2, 0.25) is 0 Å². The molecule has 0 bridgehead atoms. The predicted octanol–water partition coefficient (Wildman–Crippen LogP) is 1.62. The molecular formula is C12H18ClN3O. The van der Waals surface area contributed by atoms with Gasteiger partial charge >= 0.3 is 5.69 Å². The number of aromatic nitrogens is 2. The van der Waals surface area contributed by atoms with Crippen LogP contribution in [0, 0.1) is 6.92 Å². The van der Waals surface area contributed by atoms with Crippen molar-refractivity contribution in [1.29, 1.82) is 0 Å². The molecule has 0 amide bonds. The van der Waals surface area contributed by atoms with Gasteiger partial charge in [-0.05, 0) is 38.7 Å². The van der Waals surface area contributed by atoms with Crippen LogP contribution in [0.15, 0.2) is 23.0 Å². The fraction of sp³-hybridized carbons (Fsp3) is 0.417. The number of benzene rings is 1. The summed E-state index contributed by atoms with van der Waals surface area (Å²) in [6, 6.07) is 6.03. The van der Waals surface area contributed by atoms with E-state index < -0.39 is 0 Å². The quantitative estimate of drug-likeness (QED) is 0.906. The molecule has 0 saturated heterocycles. The number of halogens is 1. The molecule has 0 aliphatic rings. The van der Waals surface area contributed by atoms with Crippen molar-refractivity contribution >= 4 is 23.4 Å². The summed E-state index contributed by atoms with van der Waals surface area (Å²) in [4.78, 5) is 16.7. The summed E-state index contributed by atoms with van der Waals surface area (Å²) in [5, 5.41) is 0. The van der Waals surface area contributed by atoms with Crippen molar-refractivity contribution < 1.29 is 0 Å². The van der Waals surface area contributed by atoms with Crippen molar-refractivity contribution in [2.45, 2.75) is 13.5 Å². The Labute approximate surface area is 107 Å². The molecule has 0 aliphatic carbocycles. The van der Waals surface area contributed by atoms with Crippen molar-refractivity contribution in [2.24, 2.45) is 0 Å². The molecule has 1 aromatic carbocycles. The third-order valence-electron chi connectivity index (χ3n) is 2.70. The summed E-state index contributed by atoms with van der Waals surface area (Å²) in [5.74, 6) is 0. The molecule has 0 aliphatic heterocycles. The van der Waals surface area contributed by atoms with E-state index in [4.69, 9.17) is 0 Å². The maximum absolute atomic E-state index is 11.8. The van der Waals surface area contributed by atoms with E-state index in [1.54, 1.807) is 4.57 Å². The molecule has 0 spiro atoms. The molecule has 2 aromatic rings. The summed E-state index contributed by atoms with van der Waals surface area (Å²) in [6.45, 7) is 3.60. The van der Waals surface area contributed by atoms with Crippen molar-refractivity contribution in [3.8, 4) is 0 Å². The zero-order chi connectivity index (χ0) is 11.7. The third-order valence-corrected chi connectivity index (χ3v) is 2.70. The lowest BCUT2D eigenvalue weighted by Crippen LogP contribution is -2.24. The van der Waals surface area contributed by atoms with Gasteiger partial charge in [0.1, 0.15) is 0 Å². The molecule has 0 saturated carbocycles. The first-order valence-electron chi connectivity index (χ1n) is 5.42. The number of aromatic amines is 1. The third kappa shape index (κ3) is 2.90. The van der Waals surface area contributed by atoms with Gasteiger partial charge in [0.25, 0.3) is 0 Å². The van der Waals surface area contributed by atoms with Crippen LogP contribution in [0.25, 0.3) is 11.0 Å². The van der Waals surface area contributed by atoms with Gasteiger partial charge in [-0.25, -0.2) is 4.79 Å². The van der Waals surface area contributed by atoms with E-state index >= 15 is 0 Å². The number of nitrogens with zero attached hydrogens (tertiary/aromatic N) is 2. The van der Waals surface area contributed by atoms with E-state index in [9.17, 15) is 4.79 Å². The van der Waals surface area contributed by atoms with Crippen LogP contribution < -0.4 is 5.69 Å². The molecular weight excluding hydrogens is 238 g/mol. The Balaban J connectivity index is 0.00000144. The average Bonchev–Trinajstić information content (AvgIpc) is 2.50. The summed E-state index contributed by atoms with van der Waals surface area (Å²) in [5.41, 5.74) is 3.04. The summed E-state index contributed by atoms with van der Waals surface area (Å²) in [7, 11) is 4.01. The van der Waals surface area contributed by atoms with E-state index in [1.165, 1.54) is 0 Å². The van der Waals surface area contributed by atoms with Gasteiger partial charge in [-0.3, -0.25) is 4.57 Å². The first-order valence-corrected chi connectivity index (χ1v) is 5.42. The first-order chi connectivity index (χ1) is 7.58. The second-order valence-electron chi connectivity index (χ2n) is 4.41. The Morgan fingerprint density at radius 3 is 2.71 bits per heavy atom. The van der Waals surface area contributed by atoms with E-state index in [0.29, 0.717) is 0 Å². The highest BCUT2D eigenvalue weighted by Gasteiger charge is 2.06. The number of rotatable bonds is 3. The fourth-order valence-corrected chi connectivity index (χ4v) is 1.80. The summed E-state index contributed by atoms with van der Waals surface area (Å²) in [6.07, 6.45) is 0. The first kappa shape index (κ1) is 13.8. The molecule has 94 valence electrons. The topological polar surface area (TPSA) is 41.0 Å². The van der Waals surface area contributed by atoms with Crippen molar-refractivity contribution in [1.82, 2.24) is 14.5 Å². The van der Waals surface area contributed by atoms with Crippen LogP contribution in [0.3, 0.4) is 0 Å². The van der Waals surface area contributed by atoms with Crippen LogP contribution in [0.5, 0.6) is 0 Å². The van der Waals surface area contributed by atoms with Gasteiger partial charge in [0.05, 0.1) is 11.0 Å². The maximum atomic E-state index is 11.8. The molecule has 2 rings (SSSR count). The highest BCUT2D eigenvalue weighted by Crippen LogP contribution is 2.11. The standard InChI is InChI=1S/C12H17N3O.ClH/c1-9-4-5-11-10(8-9)13-12(16)15(11)7-6-14(2)3;/h4-5,8H,6-7H2,1-3H3,(H,13,16);1H. The van der Waals surface area contributed by atoms with Crippen molar-refractivity contribution in [3.63, 3.8) is 0 Å². The molecule has 0 radical (unpaired) electrons. The van der Waals surface area contributed by atoms with Crippen LogP contribution in [0.2, 0.25) is 0 Å².